The van der Waals surface area contributed by atoms with Gasteiger partial charge in [0.15, 0.2) is 23.4 Å². The second-order valence-corrected chi connectivity index (χ2v) is 4.66. The molecule has 5 heteroatoms. The maximum atomic E-state index is 11.6. The van der Waals surface area contributed by atoms with Crippen LogP contribution in [0.15, 0.2) is 42.5 Å². The van der Waals surface area contributed by atoms with Crippen LogP contribution in [0.25, 0.3) is 0 Å². The number of benzene rings is 2. The van der Waals surface area contributed by atoms with Crippen molar-refractivity contribution in [2.24, 2.45) is 0 Å². The maximum absolute atomic E-state index is 11.6. The molecule has 0 aromatic heterocycles. The Morgan fingerprint density at radius 1 is 0.909 bits per heavy atom. The number of methoxy groups -OCH3 is 3. The zero-order chi connectivity index (χ0) is 16.2. The lowest BCUT2D eigenvalue weighted by atomic mass is 9.87. The van der Waals surface area contributed by atoms with Gasteiger partial charge in [-0.3, -0.25) is 4.79 Å². The zero-order valence-electron chi connectivity index (χ0n) is 12.7. The summed E-state index contributed by atoms with van der Waals surface area (Å²) >= 11 is 0. The number of aliphatic hydroxyl groups is 1. The van der Waals surface area contributed by atoms with Crippen LogP contribution in [0.5, 0.6) is 17.2 Å². The molecule has 2 rings (SSSR count). The molecule has 0 aliphatic carbocycles. The molecule has 0 aliphatic heterocycles. The summed E-state index contributed by atoms with van der Waals surface area (Å²) in [4.78, 5) is 11.6. The van der Waals surface area contributed by atoms with Crippen LogP contribution in [0, 0.1) is 0 Å². The third kappa shape index (κ3) is 2.63. The first kappa shape index (κ1) is 15.9. The van der Waals surface area contributed by atoms with Crippen LogP contribution in [-0.2, 0) is 10.4 Å². The predicted octanol–water partition coefficient (Wildman–Crippen LogP) is 2.15. The quantitative estimate of drug-likeness (QED) is 0.828. The fourth-order valence-electron chi connectivity index (χ4n) is 2.30. The van der Waals surface area contributed by atoms with Crippen LogP contribution in [-0.4, -0.2) is 32.7 Å². The molecule has 0 spiro atoms. The number of aldehydes is 1. The van der Waals surface area contributed by atoms with E-state index in [2.05, 4.69) is 0 Å². The fourth-order valence-corrected chi connectivity index (χ4v) is 2.30. The number of rotatable bonds is 6. The lowest BCUT2D eigenvalue weighted by molar-refractivity contribution is -0.121. The van der Waals surface area contributed by atoms with E-state index in [4.69, 9.17) is 14.2 Å². The summed E-state index contributed by atoms with van der Waals surface area (Å²) in [7, 11) is 4.44. The molecule has 1 N–H and O–H groups in total. The van der Waals surface area contributed by atoms with Crippen LogP contribution in [0.1, 0.15) is 11.1 Å². The molecule has 0 bridgehead atoms. The summed E-state index contributed by atoms with van der Waals surface area (Å²) in [5.74, 6) is 1.14. The average Bonchev–Trinajstić information content (AvgIpc) is 2.60. The molecule has 0 saturated carbocycles. The SMILES string of the molecule is COc1cc(C(O)(C=O)c2ccccc2)cc(OC)c1OC. The monoisotopic (exact) mass is 302 g/mol. The summed E-state index contributed by atoms with van der Waals surface area (Å²) in [6, 6.07) is 11.8. The first-order valence-electron chi connectivity index (χ1n) is 6.65. The van der Waals surface area contributed by atoms with Gasteiger partial charge in [0.1, 0.15) is 0 Å². The molecule has 0 radical (unpaired) electrons. The van der Waals surface area contributed by atoms with Crippen molar-refractivity contribution < 1.29 is 24.1 Å². The van der Waals surface area contributed by atoms with E-state index in [0.29, 0.717) is 34.7 Å². The largest absolute Gasteiger partial charge is 0.493 e. The molecule has 0 amide bonds. The highest BCUT2D eigenvalue weighted by atomic mass is 16.5. The second kappa shape index (κ2) is 6.49. The van der Waals surface area contributed by atoms with Crippen molar-refractivity contribution in [3.8, 4) is 17.2 Å². The summed E-state index contributed by atoms with van der Waals surface area (Å²) in [5.41, 5.74) is -1.00. The fraction of sp³-hybridized carbons (Fsp3) is 0.235. The zero-order valence-corrected chi connectivity index (χ0v) is 12.7. The third-order valence-electron chi connectivity index (χ3n) is 3.49. The molecule has 1 atom stereocenters. The number of carbonyl (C=O) groups excluding carboxylic acids is 1. The minimum absolute atomic E-state index is 0.336. The summed E-state index contributed by atoms with van der Waals surface area (Å²) < 4.78 is 15.8. The van der Waals surface area contributed by atoms with Crippen molar-refractivity contribution in [1.82, 2.24) is 0 Å². The molecule has 0 aliphatic rings. The Kier molecular flexibility index (Phi) is 4.68. The van der Waals surface area contributed by atoms with Crippen molar-refractivity contribution in [3.63, 3.8) is 0 Å². The van der Waals surface area contributed by atoms with Gasteiger partial charge in [-0.1, -0.05) is 30.3 Å². The molecule has 5 nitrogen and oxygen atoms in total. The average molecular weight is 302 g/mol. The Bertz CT molecular complexity index is 628. The van der Waals surface area contributed by atoms with E-state index in [9.17, 15) is 9.90 Å². The van der Waals surface area contributed by atoms with Crippen LogP contribution < -0.4 is 14.2 Å². The molecule has 0 heterocycles. The first-order chi connectivity index (χ1) is 10.6. The molecule has 116 valence electrons. The molecule has 1 unspecified atom stereocenters. The van der Waals surface area contributed by atoms with Gasteiger partial charge in [0.25, 0.3) is 0 Å². The van der Waals surface area contributed by atoms with Crippen molar-refractivity contribution >= 4 is 6.29 Å². The van der Waals surface area contributed by atoms with Gasteiger partial charge in [0, 0.05) is 5.56 Å². The molecule has 2 aromatic rings. The van der Waals surface area contributed by atoms with Gasteiger partial charge in [-0.25, -0.2) is 0 Å². The van der Waals surface area contributed by atoms with Gasteiger partial charge in [0.2, 0.25) is 5.75 Å². The molecule has 2 aromatic carbocycles. The van der Waals surface area contributed by atoms with E-state index < -0.39 is 5.60 Å². The van der Waals surface area contributed by atoms with E-state index in [1.54, 1.807) is 36.4 Å². The van der Waals surface area contributed by atoms with Crippen LogP contribution in [0.2, 0.25) is 0 Å². The molecule has 0 fully saturated rings. The predicted molar refractivity (Wildman–Crippen MR) is 81.6 cm³/mol. The number of hydrogen-bond donors (Lipinski definition) is 1. The summed E-state index contributed by atoms with van der Waals surface area (Å²) in [6.45, 7) is 0. The van der Waals surface area contributed by atoms with E-state index in [0.717, 1.165) is 0 Å². The van der Waals surface area contributed by atoms with Crippen molar-refractivity contribution in [1.29, 1.82) is 0 Å². The van der Waals surface area contributed by atoms with Crippen LogP contribution >= 0.6 is 0 Å². The molecular formula is C17H18O5. The first-order valence-corrected chi connectivity index (χ1v) is 6.65. The second-order valence-electron chi connectivity index (χ2n) is 4.66. The Labute approximate surface area is 129 Å². The summed E-state index contributed by atoms with van der Waals surface area (Å²) in [6.07, 6.45) is 0.489. The van der Waals surface area contributed by atoms with Crippen LogP contribution in [0.3, 0.4) is 0 Å². The highest BCUT2D eigenvalue weighted by Crippen LogP contribution is 2.42. The lowest BCUT2D eigenvalue weighted by Crippen LogP contribution is -2.29. The standard InChI is InChI=1S/C17H18O5/c1-20-14-9-13(10-15(21-2)16(14)22-3)17(19,11-18)12-7-5-4-6-8-12/h4-11,19H,1-3H3. The number of carbonyl (C=O) groups is 1. The van der Waals surface area contributed by atoms with E-state index in [1.165, 1.54) is 21.3 Å². The van der Waals surface area contributed by atoms with Crippen molar-refractivity contribution in [2.75, 3.05) is 21.3 Å². The summed E-state index contributed by atoms with van der Waals surface area (Å²) in [5, 5.41) is 10.8. The smallest absolute Gasteiger partial charge is 0.203 e. The Morgan fingerprint density at radius 2 is 1.45 bits per heavy atom. The van der Waals surface area contributed by atoms with Gasteiger partial charge in [-0.15, -0.1) is 0 Å². The number of hydrogen-bond acceptors (Lipinski definition) is 5. The van der Waals surface area contributed by atoms with Gasteiger partial charge in [0.05, 0.1) is 21.3 Å². The topological polar surface area (TPSA) is 65.0 Å². The minimum Gasteiger partial charge on any atom is -0.493 e. The Hall–Kier alpha value is -2.53. The van der Waals surface area contributed by atoms with E-state index in [-0.39, 0.29) is 0 Å². The highest BCUT2D eigenvalue weighted by Gasteiger charge is 2.33. The van der Waals surface area contributed by atoms with Crippen molar-refractivity contribution in [3.05, 3.63) is 53.6 Å². The van der Waals surface area contributed by atoms with Gasteiger partial charge in [-0.2, -0.15) is 0 Å². The van der Waals surface area contributed by atoms with Crippen LogP contribution in [0.4, 0.5) is 0 Å². The van der Waals surface area contributed by atoms with Gasteiger partial charge >= 0.3 is 0 Å². The lowest BCUT2D eigenvalue weighted by Gasteiger charge is -2.24. The third-order valence-corrected chi connectivity index (χ3v) is 3.49. The van der Waals surface area contributed by atoms with Crippen molar-refractivity contribution in [2.45, 2.75) is 5.60 Å². The van der Waals surface area contributed by atoms with Gasteiger partial charge in [-0.05, 0) is 17.7 Å². The van der Waals surface area contributed by atoms with E-state index in [1.807, 2.05) is 6.07 Å². The Morgan fingerprint density at radius 3 is 1.86 bits per heavy atom. The molecule has 22 heavy (non-hydrogen) atoms. The highest BCUT2D eigenvalue weighted by molar-refractivity contribution is 5.74. The molecular weight excluding hydrogens is 284 g/mol. The maximum Gasteiger partial charge on any atom is 0.203 e. The molecule has 0 saturated heterocycles. The minimum atomic E-state index is -1.80. The van der Waals surface area contributed by atoms with E-state index >= 15 is 0 Å². The van der Waals surface area contributed by atoms with Gasteiger partial charge < -0.3 is 19.3 Å². The normalized spacial score (nSPS) is 13.1. The number of ether oxygens (including phenoxy) is 3. The Balaban J connectivity index is 2.66.